The summed E-state index contributed by atoms with van der Waals surface area (Å²) in [6.07, 6.45) is 39.1. The molecule has 0 aromatic heterocycles. The van der Waals surface area contributed by atoms with Gasteiger partial charge in [0.25, 0.3) is 0 Å². The number of aliphatic hydroxyl groups is 1. The molecule has 0 heterocycles. The van der Waals surface area contributed by atoms with Crippen molar-refractivity contribution < 1.29 is 80.2 Å². The Kier molecular flexibility index (Phi) is 56.6. The summed E-state index contributed by atoms with van der Waals surface area (Å²) < 4.78 is 68.1. The van der Waals surface area contributed by atoms with Gasteiger partial charge in [-0.1, -0.05) is 280 Å². The van der Waals surface area contributed by atoms with Crippen molar-refractivity contribution in [3.05, 3.63) is 0 Å². The maximum Gasteiger partial charge on any atom is 0.472 e. The molecule has 4 unspecified atom stereocenters. The van der Waals surface area contributed by atoms with Crippen molar-refractivity contribution in [1.29, 1.82) is 0 Å². The summed E-state index contributed by atoms with van der Waals surface area (Å²) in [6.45, 7) is 14.0. The number of ether oxygens (including phenoxy) is 4. The molecular formula is C68H132O17P2. The van der Waals surface area contributed by atoms with Gasteiger partial charge >= 0.3 is 39.5 Å². The summed E-state index contributed by atoms with van der Waals surface area (Å²) in [5.41, 5.74) is 0. The molecule has 0 fully saturated rings. The molecular weight excluding hydrogens is 1150 g/mol. The highest BCUT2D eigenvalue weighted by molar-refractivity contribution is 7.47. The standard InChI is InChI=1S/C68H132O17P2/c1-9-60(7)46-38-30-21-18-19-23-34-42-50-67(72)84-63(55-79-66(71)49-41-33-27-25-31-39-47-61(8)10-2)56-82-86(74,75)80-52-62(69)53-81-87(76,77)83-57-64(85-68(73)51-43-35-26-24-29-37-45-59(5)6)54-78-65(70)48-40-32-22-17-15-13-11-12-14-16-20-28-36-44-58(3)4/h58-64,69H,9-57H2,1-8H3,(H,74,75)(H,76,77)/t60?,61?,62-,63+,64+/m0/s1. The Hall–Kier alpha value is -1.94. The molecule has 0 saturated carbocycles. The predicted molar refractivity (Wildman–Crippen MR) is 349 cm³/mol. The van der Waals surface area contributed by atoms with Crippen molar-refractivity contribution >= 4 is 39.5 Å². The molecule has 0 amide bonds. The van der Waals surface area contributed by atoms with Gasteiger partial charge in [-0.25, -0.2) is 9.13 Å². The molecule has 0 radical (unpaired) electrons. The van der Waals surface area contributed by atoms with Crippen molar-refractivity contribution in [3.63, 3.8) is 0 Å². The van der Waals surface area contributed by atoms with Gasteiger partial charge in [0, 0.05) is 25.7 Å². The molecule has 0 bridgehead atoms. The van der Waals surface area contributed by atoms with Gasteiger partial charge in [0.1, 0.15) is 19.3 Å². The highest BCUT2D eigenvalue weighted by atomic mass is 31.2. The van der Waals surface area contributed by atoms with Crippen molar-refractivity contribution in [2.75, 3.05) is 39.6 Å². The Morgan fingerprint density at radius 1 is 0.322 bits per heavy atom. The summed E-state index contributed by atoms with van der Waals surface area (Å²) in [5, 5.41) is 10.6. The lowest BCUT2D eigenvalue weighted by molar-refractivity contribution is -0.161. The SMILES string of the molecule is CCC(C)CCCCCCCCCCC(=O)O[C@H](COC(=O)CCCCCCCCC(C)CC)COP(=O)(O)OC[C@H](O)COP(=O)(O)OC[C@@H](COC(=O)CCCCCCCCCCCCCCCC(C)C)OC(=O)CCCCCCCCC(C)C. The third kappa shape index (κ3) is 60.1. The normalized spacial score (nSPS) is 15.0. The Morgan fingerprint density at radius 2 is 0.552 bits per heavy atom. The van der Waals surface area contributed by atoms with Crippen LogP contribution in [0.25, 0.3) is 0 Å². The fourth-order valence-corrected chi connectivity index (χ4v) is 11.7. The number of esters is 4. The zero-order chi connectivity index (χ0) is 64.7. The fraction of sp³-hybridized carbons (Fsp3) is 0.941. The number of aliphatic hydroxyl groups excluding tert-OH is 1. The number of rotatable bonds is 65. The van der Waals surface area contributed by atoms with Crippen LogP contribution in [0.1, 0.15) is 331 Å². The van der Waals surface area contributed by atoms with Gasteiger partial charge < -0.3 is 33.8 Å². The van der Waals surface area contributed by atoms with Gasteiger partial charge in [-0.15, -0.1) is 0 Å². The lowest BCUT2D eigenvalue weighted by atomic mass is 9.99. The molecule has 0 saturated heterocycles. The highest BCUT2D eigenvalue weighted by Gasteiger charge is 2.30. The summed E-state index contributed by atoms with van der Waals surface area (Å²) in [6, 6.07) is 0. The lowest BCUT2D eigenvalue weighted by Crippen LogP contribution is -2.30. The number of hydrogen-bond acceptors (Lipinski definition) is 15. The molecule has 0 aliphatic heterocycles. The first-order chi connectivity index (χ1) is 41.7. The second-order valence-electron chi connectivity index (χ2n) is 26.0. The third-order valence-electron chi connectivity index (χ3n) is 16.3. The van der Waals surface area contributed by atoms with E-state index in [1.807, 2.05) is 0 Å². The van der Waals surface area contributed by atoms with Crippen molar-refractivity contribution in [2.45, 2.75) is 350 Å². The molecule has 7 atom stereocenters. The molecule has 87 heavy (non-hydrogen) atoms. The van der Waals surface area contributed by atoms with Crippen LogP contribution in [-0.2, 0) is 65.4 Å². The molecule has 3 N–H and O–H groups in total. The van der Waals surface area contributed by atoms with E-state index < -0.39 is 97.5 Å². The Labute approximate surface area is 530 Å². The van der Waals surface area contributed by atoms with Gasteiger partial charge in [0.05, 0.1) is 26.4 Å². The zero-order valence-electron chi connectivity index (χ0n) is 56.6. The molecule has 0 spiro atoms. The maximum atomic E-state index is 13.0. The molecule has 0 aliphatic rings. The van der Waals surface area contributed by atoms with Gasteiger partial charge in [-0.05, 0) is 49.4 Å². The van der Waals surface area contributed by atoms with E-state index in [0.29, 0.717) is 31.6 Å². The first kappa shape index (κ1) is 85.1. The van der Waals surface area contributed by atoms with Crippen LogP contribution in [-0.4, -0.2) is 96.7 Å². The van der Waals surface area contributed by atoms with E-state index in [-0.39, 0.29) is 25.7 Å². The molecule has 17 nitrogen and oxygen atoms in total. The summed E-state index contributed by atoms with van der Waals surface area (Å²) in [4.78, 5) is 72.4. The molecule has 516 valence electrons. The summed E-state index contributed by atoms with van der Waals surface area (Å²) in [7, 11) is -9.90. The lowest BCUT2D eigenvalue weighted by Gasteiger charge is -2.21. The van der Waals surface area contributed by atoms with Gasteiger partial charge in [-0.3, -0.25) is 37.3 Å². The van der Waals surface area contributed by atoms with E-state index >= 15 is 0 Å². The first-order valence-electron chi connectivity index (χ1n) is 35.3. The average molecular weight is 1280 g/mol. The monoisotopic (exact) mass is 1280 g/mol. The van der Waals surface area contributed by atoms with Crippen LogP contribution in [0.5, 0.6) is 0 Å². The van der Waals surface area contributed by atoms with E-state index in [1.165, 1.54) is 128 Å². The van der Waals surface area contributed by atoms with Crippen LogP contribution in [0.2, 0.25) is 0 Å². The zero-order valence-corrected chi connectivity index (χ0v) is 58.4. The van der Waals surface area contributed by atoms with Gasteiger partial charge in [0.2, 0.25) is 0 Å². The van der Waals surface area contributed by atoms with E-state index in [0.717, 1.165) is 114 Å². The minimum Gasteiger partial charge on any atom is -0.462 e. The van der Waals surface area contributed by atoms with Crippen LogP contribution in [0, 0.1) is 23.7 Å². The third-order valence-corrected chi connectivity index (χ3v) is 18.2. The summed E-state index contributed by atoms with van der Waals surface area (Å²) >= 11 is 0. The number of hydrogen-bond donors (Lipinski definition) is 3. The number of carbonyl (C=O) groups excluding carboxylic acids is 4. The van der Waals surface area contributed by atoms with Crippen molar-refractivity contribution in [1.82, 2.24) is 0 Å². The molecule has 19 heteroatoms. The Balaban J connectivity index is 5.21. The first-order valence-corrected chi connectivity index (χ1v) is 38.3. The second kappa shape index (κ2) is 57.9. The summed E-state index contributed by atoms with van der Waals surface area (Å²) in [5.74, 6) is 0.822. The number of carbonyl (C=O) groups is 4. The van der Waals surface area contributed by atoms with Gasteiger partial charge in [0.15, 0.2) is 12.2 Å². The average Bonchev–Trinajstić information content (AvgIpc) is 3.61. The van der Waals surface area contributed by atoms with E-state index in [4.69, 9.17) is 37.0 Å². The number of phosphoric acid groups is 2. The molecule has 0 aromatic rings. The van der Waals surface area contributed by atoms with Crippen LogP contribution in [0.3, 0.4) is 0 Å². The minimum absolute atomic E-state index is 0.102. The Morgan fingerprint density at radius 3 is 0.816 bits per heavy atom. The van der Waals surface area contributed by atoms with Gasteiger partial charge in [-0.2, -0.15) is 0 Å². The van der Waals surface area contributed by atoms with Crippen LogP contribution in [0.15, 0.2) is 0 Å². The van der Waals surface area contributed by atoms with E-state index in [9.17, 15) is 43.2 Å². The van der Waals surface area contributed by atoms with Crippen LogP contribution < -0.4 is 0 Å². The largest absolute Gasteiger partial charge is 0.472 e. The quantitative estimate of drug-likeness (QED) is 0.0222. The molecule has 0 rings (SSSR count). The van der Waals surface area contributed by atoms with Crippen LogP contribution in [0.4, 0.5) is 0 Å². The Bertz CT molecular complexity index is 1730. The second-order valence-corrected chi connectivity index (χ2v) is 28.9. The topological polar surface area (TPSA) is 237 Å². The molecule has 0 aromatic carbocycles. The smallest absolute Gasteiger partial charge is 0.462 e. The van der Waals surface area contributed by atoms with E-state index in [1.54, 1.807) is 0 Å². The van der Waals surface area contributed by atoms with Crippen molar-refractivity contribution in [3.8, 4) is 0 Å². The van der Waals surface area contributed by atoms with E-state index in [2.05, 4.69) is 55.4 Å². The highest BCUT2D eigenvalue weighted by Crippen LogP contribution is 2.45. The molecule has 0 aliphatic carbocycles. The maximum absolute atomic E-state index is 13.0. The fourth-order valence-electron chi connectivity index (χ4n) is 10.1. The van der Waals surface area contributed by atoms with Crippen LogP contribution >= 0.6 is 15.6 Å². The predicted octanol–water partition coefficient (Wildman–Crippen LogP) is 18.9. The number of unbranched alkanes of at least 4 members (excludes halogenated alkanes) is 29. The minimum atomic E-state index is -4.95. The number of phosphoric ester groups is 2. The van der Waals surface area contributed by atoms with Crippen molar-refractivity contribution in [2.24, 2.45) is 23.7 Å².